The SMILES string of the molecule is Cc1ccc(-n2nc(C(C)(C)C)cc2NC(=O)N[C@H]2CC[C@@H](Oc3ccc4nnc(N5CCCC5CO)n4c3)c3ccccc32)cc1. The third-order valence-electron chi connectivity index (χ3n) is 9.22. The lowest BCUT2D eigenvalue weighted by atomic mass is 9.85. The molecule has 1 aliphatic carbocycles. The van der Waals surface area contributed by atoms with Gasteiger partial charge in [-0.25, -0.2) is 9.48 Å². The van der Waals surface area contributed by atoms with E-state index in [0.717, 1.165) is 65.5 Å². The Labute approximate surface area is 274 Å². The topological polar surface area (TPSA) is 122 Å². The van der Waals surface area contributed by atoms with Crippen molar-refractivity contribution in [3.8, 4) is 11.4 Å². The fourth-order valence-corrected chi connectivity index (χ4v) is 6.63. The van der Waals surface area contributed by atoms with Crippen LogP contribution in [0.15, 0.2) is 72.9 Å². The molecule has 0 radical (unpaired) electrons. The molecule has 2 amide bonds. The Bertz CT molecular complexity index is 1890. The number of fused-ring (bicyclic) bond motifs is 2. The minimum absolute atomic E-state index is 0.0440. The summed E-state index contributed by atoms with van der Waals surface area (Å²) in [6.07, 6.45) is 5.13. The monoisotopic (exact) mass is 634 g/mol. The van der Waals surface area contributed by atoms with Gasteiger partial charge in [-0.1, -0.05) is 62.7 Å². The number of ether oxygens (including phenoxy) is 1. The zero-order chi connectivity index (χ0) is 32.7. The highest BCUT2D eigenvalue weighted by Crippen LogP contribution is 2.39. The Kier molecular flexibility index (Phi) is 8.09. The molecule has 3 N–H and O–H groups in total. The van der Waals surface area contributed by atoms with Gasteiger partial charge in [-0.05, 0) is 68.0 Å². The number of urea groups is 1. The number of benzene rings is 2. The van der Waals surface area contributed by atoms with Crippen LogP contribution >= 0.6 is 0 Å². The average Bonchev–Trinajstić information content (AvgIpc) is 3.81. The molecule has 3 aromatic heterocycles. The summed E-state index contributed by atoms with van der Waals surface area (Å²) < 4.78 is 10.3. The molecule has 1 fully saturated rings. The molecule has 2 aromatic carbocycles. The van der Waals surface area contributed by atoms with E-state index in [0.29, 0.717) is 18.0 Å². The van der Waals surface area contributed by atoms with Crippen molar-refractivity contribution in [1.82, 2.24) is 29.7 Å². The van der Waals surface area contributed by atoms with Crippen molar-refractivity contribution in [3.05, 3.63) is 95.3 Å². The number of hydrogen-bond acceptors (Lipinski definition) is 7. The molecule has 1 saturated heterocycles. The van der Waals surface area contributed by atoms with Crippen LogP contribution in [0, 0.1) is 6.92 Å². The number of nitrogens with zero attached hydrogens (tertiary/aromatic N) is 6. The van der Waals surface area contributed by atoms with E-state index in [2.05, 4.69) is 58.6 Å². The number of carbonyl (C=O) groups is 1. The number of aliphatic hydroxyl groups is 1. The van der Waals surface area contributed by atoms with Gasteiger partial charge >= 0.3 is 6.03 Å². The van der Waals surface area contributed by atoms with Crippen molar-refractivity contribution in [1.29, 1.82) is 0 Å². The summed E-state index contributed by atoms with van der Waals surface area (Å²) in [7, 11) is 0. The van der Waals surface area contributed by atoms with Crippen LogP contribution in [-0.4, -0.2) is 54.7 Å². The van der Waals surface area contributed by atoms with E-state index >= 15 is 0 Å². The minimum atomic E-state index is -0.286. The van der Waals surface area contributed by atoms with Crippen molar-refractivity contribution in [2.24, 2.45) is 0 Å². The Morgan fingerprint density at radius 3 is 2.55 bits per heavy atom. The number of hydrogen-bond donors (Lipinski definition) is 3. The number of aromatic nitrogens is 5. The Morgan fingerprint density at radius 2 is 1.79 bits per heavy atom. The van der Waals surface area contributed by atoms with Gasteiger partial charge in [-0.3, -0.25) is 9.72 Å². The van der Waals surface area contributed by atoms with Crippen molar-refractivity contribution in [3.63, 3.8) is 0 Å². The molecule has 11 nitrogen and oxygen atoms in total. The Hall–Kier alpha value is -4.90. The number of nitrogens with one attached hydrogen (secondary N) is 2. The number of rotatable bonds is 7. The van der Waals surface area contributed by atoms with Crippen LogP contribution in [0.1, 0.15) is 81.0 Å². The highest BCUT2D eigenvalue weighted by Gasteiger charge is 2.31. The van der Waals surface area contributed by atoms with Crippen LogP contribution < -0.4 is 20.3 Å². The molecule has 5 aromatic rings. The van der Waals surface area contributed by atoms with Crippen LogP contribution in [-0.2, 0) is 5.41 Å². The second-order valence-corrected chi connectivity index (χ2v) is 13.6. The van der Waals surface area contributed by atoms with E-state index < -0.39 is 0 Å². The van der Waals surface area contributed by atoms with Gasteiger partial charge in [-0.2, -0.15) is 5.10 Å². The maximum absolute atomic E-state index is 13.5. The highest BCUT2D eigenvalue weighted by molar-refractivity contribution is 5.89. The van der Waals surface area contributed by atoms with Gasteiger partial charge in [0.15, 0.2) is 5.65 Å². The van der Waals surface area contributed by atoms with Gasteiger partial charge in [0, 0.05) is 18.0 Å². The number of carbonyl (C=O) groups excluding carboxylic acids is 1. The maximum Gasteiger partial charge on any atom is 0.320 e. The zero-order valence-corrected chi connectivity index (χ0v) is 27.3. The molecule has 11 heteroatoms. The average molecular weight is 635 g/mol. The van der Waals surface area contributed by atoms with E-state index in [-0.39, 0.29) is 36.2 Å². The molecular formula is C36H42N8O3. The standard InChI is InChI=1S/C36H42N8O3/c1-23-11-13-24(14-12-23)44-33(20-31(41-44)36(2,3)4)38-34(46)37-29-16-17-30(28-10-6-5-9-27(28)29)47-26-15-18-32-39-40-35(43(32)21-26)42-19-7-8-25(42)22-45/h5-6,9-15,18,20-21,25,29-30,45H,7-8,16-17,19,22H2,1-4H3,(H2,37,38,46)/t25?,29-,30+/m0/s1. The summed E-state index contributed by atoms with van der Waals surface area (Å²) in [5, 5.41) is 29.8. The first-order valence-electron chi connectivity index (χ1n) is 16.4. The van der Waals surface area contributed by atoms with Gasteiger partial charge < -0.3 is 20.1 Å². The quantitative estimate of drug-likeness (QED) is 0.193. The first-order chi connectivity index (χ1) is 22.7. The summed E-state index contributed by atoms with van der Waals surface area (Å²) in [5.41, 5.74) is 5.56. The van der Waals surface area contributed by atoms with Crippen molar-refractivity contribution in [2.45, 2.75) is 77.0 Å². The van der Waals surface area contributed by atoms with E-state index in [1.165, 1.54) is 0 Å². The molecule has 4 heterocycles. The summed E-state index contributed by atoms with van der Waals surface area (Å²) in [6.45, 7) is 9.30. The molecule has 0 saturated carbocycles. The number of aryl methyl sites for hydroxylation is 1. The molecule has 1 aliphatic heterocycles. The summed E-state index contributed by atoms with van der Waals surface area (Å²) in [4.78, 5) is 15.6. The molecular weight excluding hydrogens is 592 g/mol. The van der Waals surface area contributed by atoms with Crippen LogP contribution in [0.5, 0.6) is 5.75 Å². The Morgan fingerprint density at radius 1 is 1.00 bits per heavy atom. The van der Waals surface area contributed by atoms with E-state index in [1.807, 2.05) is 72.1 Å². The lowest BCUT2D eigenvalue weighted by Gasteiger charge is -2.32. The minimum Gasteiger partial charge on any atom is -0.484 e. The Balaban J connectivity index is 1.09. The van der Waals surface area contributed by atoms with Gasteiger partial charge in [0.1, 0.15) is 17.7 Å². The van der Waals surface area contributed by atoms with Crippen LogP contribution in [0.25, 0.3) is 11.3 Å². The summed E-state index contributed by atoms with van der Waals surface area (Å²) >= 11 is 0. The second kappa shape index (κ2) is 12.4. The normalized spacial score (nSPS) is 19.5. The number of aliphatic hydroxyl groups excluding tert-OH is 1. The summed E-state index contributed by atoms with van der Waals surface area (Å²) in [5.74, 6) is 2.05. The molecule has 0 spiro atoms. The van der Waals surface area contributed by atoms with Crippen molar-refractivity contribution >= 4 is 23.4 Å². The van der Waals surface area contributed by atoms with Crippen LogP contribution in [0.3, 0.4) is 0 Å². The first-order valence-corrected chi connectivity index (χ1v) is 16.4. The third kappa shape index (κ3) is 6.15. The van der Waals surface area contributed by atoms with Gasteiger partial charge in [0.2, 0.25) is 5.95 Å². The van der Waals surface area contributed by atoms with Gasteiger partial charge in [-0.15, -0.1) is 10.2 Å². The smallest absolute Gasteiger partial charge is 0.320 e. The lowest BCUT2D eigenvalue weighted by molar-refractivity contribution is 0.171. The van der Waals surface area contributed by atoms with E-state index in [9.17, 15) is 9.90 Å². The van der Waals surface area contributed by atoms with E-state index in [4.69, 9.17) is 9.84 Å². The van der Waals surface area contributed by atoms with Crippen molar-refractivity contribution < 1.29 is 14.6 Å². The maximum atomic E-state index is 13.5. The zero-order valence-electron chi connectivity index (χ0n) is 27.3. The molecule has 0 bridgehead atoms. The number of anilines is 2. The molecule has 244 valence electrons. The molecule has 47 heavy (non-hydrogen) atoms. The van der Waals surface area contributed by atoms with Gasteiger partial charge in [0.05, 0.1) is 36.3 Å². The summed E-state index contributed by atoms with van der Waals surface area (Å²) in [6, 6.07) is 21.6. The highest BCUT2D eigenvalue weighted by atomic mass is 16.5. The molecule has 3 atom stereocenters. The van der Waals surface area contributed by atoms with Crippen molar-refractivity contribution in [2.75, 3.05) is 23.4 Å². The van der Waals surface area contributed by atoms with Gasteiger partial charge in [0.25, 0.3) is 0 Å². The molecule has 2 aliphatic rings. The number of amides is 2. The molecule has 7 rings (SSSR count). The number of pyridine rings is 1. The van der Waals surface area contributed by atoms with Crippen LogP contribution in [0.4, 0.5) is 16.6 Å². The second-order valence-electron chi connectivity index (χ2n) is 13.6. The van der Waals surface area contributed by atoms with E-state index in [1.54, 1.807) is 4.68 Å². The lowest BCUT2D eigenvalue weighted by Crippen LogP contribution is -2.36. The predicted octanol–water partition coefficient (Wildman–Crippen LogP) is 6.26. The predicted molar refractivity (Wildman–Crippen MR) is 181 cm³/mol. The fourth-order valence-electron chi connectivity index (χ4n) is 6.63. The first kappa shape index (κ1) is 30.7. The fraction of sp³-hybridized carbons (Fsp3) is 0.389. The largest absolute Gasteiger partial charge is 0.484 e. The molecule has 1 unspecified atom stereocenters. The third-order valence-corrected chi connectivity index (χ3v) is 9.22. The van der Waals surface area contributed by atoms with Crippen LogP contribution in [0.2, 0.25) is 0 Å².